The molecule has 0 radical (unpaired) electrons. The lowest BCUT2D eigenvalue weighted by Crippen LogP contribution is -2.50. The number of likely N-dealkylation sites (N-methyl/N-ethyl adjacent to an activating group) is 1. The molecule has 0 spiro atoms. The fourth-order valence-corrected chi connectivity index (χ4v) is 4.34. The van der Waals surface area contributed by atoms with Crippen LogP contribution in [-0.4, -0.2) is 86.6 Å². The number of rotatable bonds is 6. The Morgan fingerprint density at radius 2 is 1.94 bits per heavy atom. The molecule has 4 rings (SSSR count). The highest BCUT2D eigenvalue weighted by Gasteiger charge is 2.35. The minimum atomic E-state index is -0.404. The van der Waals surface area contributed by atoms with E-state index in [-0.39, 0.29) is 43.8 Å². The zero-order valence-corrected chi connectivity index (χ0v) is 21.4. The van der Waals surface area contributed by atoms with Crippen LogP contribution in [0, 0.1) is 5.92 Å². The average molecular weight is 499 g/mol. The number of hydrogen-bond donors (Lipinski definition) is 2. The second kappa shape index (κ2) is 10.5. The molecule has 0 unspecified atom stereocenters. The number of carbonyl (C=O) groups is 2. The Morgan fingerprint density at radius 3 is 2.67 bits per heavy atom. The van der Waals surface area contributed by atoms with E-state index in [9.17, 15) is 14.7 Å². The van der Waals surface area contributed by atoms with Crippen LogP contribution in [-0.2, 0) is 0 Å². The van der Waals surface area contributed by atoms with Gasteiger partial charge in [-0.2, -0.15) is 0 Å². The van der Waals surface area contributed by atoms with Gasteiger partial charge in [0.15, 0.2) is 17.2 Å². The SMILES string of the molecule is C[C@@H]1CN([C@H](C)CO)C(=O)c2cccc(N(C)C)c2O[C@@H]1CN(C)C(=O)Nc1ccc2c(c1)OCO2. The first kappa shape index (κ1) is 25.4. The van der Waals surface area contributed by atoms with Crippen LogP contribution < -0.4 is 24.4 Å². The number of urea groups is 1. The number of hydrogen-bond acceptors (Lipinski definition) is 7. The minimum Gasteiger partial charge on any atom is -0.485 e. The lowest BCUT2D eigenvalue weighted by molar-refractivity contribution is 0.0372. The van der Waals surface area contributed by atoms with Gasteiger partial charge >= 0.3 is 6.03 Å². The van der Waals surface area contributed by atoms with Crippen LogP contribution in [0.2, 0.25) is 0 Å². The van der Waals surface area contributed by atoms with E-state index in [1.807, 2.05) is 45.0 Å². The van der Waals surface area contributed by atoms with Crippen LogP contribution in [0.15, 0.2) is 36.4 Å². The van der Waals surface area contributed by atoms with Crippen LogP contribution in [0.4, 0.5) is 16.2 Å². The van der Waals surface area contributed by atoms with Gasteiger partial charge in [-0.25, -0.2) is 4.79 Å². The highest BCUT2D eigenvalue weighted by molar-refractivity contribution is 5.99. The Labute approximate surface area is 211 Å². The second-order valence-corrected chi connectivity index (χ2v) is 9.55. The molecule has 0 aromatic heterocycles. The number of carbonyl (C=O) groups excluding carboxylic acids is 2. The first-order chi connectivity index (χ1) is 17.2. The third kappa shape index (κ3) is 5.13. The van der Waals surface area contributed by atoms with Crippen molar-refractivity contribution in [3.05, 3.63) is 42.0 Å². The summed E-state index contributed by atoms with van der Waals surface area (Å²) in [5, 5.41) is 12.7. The molecule has 194 valence electrons. The van der Waals surface area contributed by atoms with E-state index < -0.39 is 6.10 Å². The predicted octanol–water partition coefficient (Wildman–Crippen LogP) is 2.87. The number of aliphatic hydroxyl groups excluding tert-OH is 1. The summed E-state index contributed by atoms with van der Waals surface area (Å²) in [4.78, 5) is 31.6. The number of nitrogens with one attached hydrogen (secondary N) is 1. The second-order valence-electron chi connectivity index (χ2n) is 9.55. The lowest BCUT2D eigenvalue weighted by Gasteiger charge is -2.39. The summed E-state index contributed by atoms with van der Waals surface area (Å²) in [6.07, 6.45) is -0.404. The summed E-state index contributed by atoms with van der Waals surface area (Å²) in [5.41, 5.74) is 1.80. The Balaban J connectivity index is 1.58. The number of para-hydroxylation sites is 1. The normalized spacial score (nSPS) is 19.5. The molecule has 0 bridgehead atoms. The molecule has 0 aliphatic carbocycles. The molecule has 2 aliphatic heterocycles. The summed E-state index contributed by atoms with van der Waals surface area (Å²) in [7, 11) is 5.48. The fraction of sp³-hybridized carbons (Fsp3) is 0.462. The van der Waals surface area contributed by atoms with E-state index in [4.69, 9.17) is 14.2 Å². The summed E-state index contributed by atoms with van der Waals surface area (Å²) >= 11 is 0. The van der Waals surface area contributed by atoms with E-state index in [1.165, 1.54) is 0 Å². The Bertz CT molecular complexity index is 1120. The van der Waals surface area contributed by atoms with Gasteiger partial charge in [0.2, 0.25) is 6.79 Å². The van der Waals surface area contributed by atoms with E-state index in [0.717, 1.165) is 5.69 Å². The molecular weight excluding hydrogens is 464 g/mol. The molecule has 2 aromatic carbocycles. The maximum Gasteiger partial charge on any atom is 0.321 e. The summed E-state index contributed by atoms with van der Waals surface area (Å²) in [6, 6.07) is 10.0. The number of ether oxygens (including phenoxy) is 3. The van der Waals surface area contributed by atoms with Gasteiger partial charge in [-0.15, -0.1) is 0 Å². The van der Waals surface area contributed by atoms with E-state index in [1.54, 1.807) is 41.1 Å². The number of benzene rings is 2. The Hall–Kier alpha value is -3.66. The van der Waals surface area contributed by atoms with Gasteiger partial charge in [0, 0.05) is 45.4 Å². The van der Waals surface area contributed by atoms with Crippen molar-refractivity contribution in [3.8, 4) is 17.2 Å². The highest BCUT2D eigenvalue weighted by Crippen LogP contribution is 2.36. The number of amides is 3. The lowest BCUT2D eigenvalue weighted by atomic mass is 9.99. The van der Waals surface area contributed by atoms with Gasteiger partial charge in [-0.1, -0.05) is 13.0 Å². The molecule has 10 heteroatoms. The standard InChI is InChI=1S/C26H34N4O6/c1-16-12-30(17(2)14-31)25(32)19-7-6-8-20(28(3)4)24(19)36-23(16)13-29(5)26(33)27-18-9-10-21-22(11-18)35-15-34-21/h6-11,16-17,23,31H,12-15H2,1-5H3,(H,27,33)/t16-,17-,23-/m1/s1. The molecule has 0 saturated carbocycles. The van der Waals surface area contributed by atoms with Crippen LogP contribution in [0.1, 0.15) is 24.2 Å². The molecule has 2 aromatic rings. The molecule has 36 heavy (non-hydrogen) atoms. The predicted molar refractivity (Wildman–Crippen MR) is 136 cm³/mol. The zero-order chi connectivity index (χ0) is 26.0. The largest absolute Gasteiger partial charge is 0.485 e. The first-order valence-electron chi connectivity index (χ1n) is 12.0. The fourth-order valence-electron chi connectivity index (χ4n) is 4.34. The number of anilines is 2. The van der Waals surface area contributed by atoms with Crippen LogP contribution in [0.25, 0.3) is 0 Å². The smallest absolute Gasteiger partial charge is 0.321 e. The van der Waals surface area contributed by atoms with E-state index >= 15 is 0 Å². The van der Waals surface area contributed by atoms with Crippen molar-refractivity contribution in [1.29, 1.82) is 0 Å². The van der Waals surface area contributed by atoms with Crippen molar-refractivity contribution in [3.63, 3.8) is 0 Å². The number of nitrogens with zero attached hydrogens (tertiary/aromatic N) is 3. The minimum absolute atomic E-state index is 0.118. The molecule has 2 aliphatic rings. The van der Waals surface area contributed by atoms with Gasteiger partial charge in [0.05, 0.1) is 30.4 Å². The van der Waals surface area contributed by atoms with Crippen molar-refractivity contribution < 1.29 is 28.9 Å². The van der Waals surface area contributed by atoms with Gasteiger partial charge in [-0.05, 0) is 31.2 Å². The van der Waals surface area contributed by atoms with Crippen LogP contribution in [0.3, 0.4) is 0 Å². The molecule has 2 N–H and O–H groups in total. The molecule has 2 heterocycles. The third-order valence-corrected chi connectivity index (χ3v) is 6.58. The quantitative estimate of drug-likeness (QED) is 0.631. The van der Waals surface area contributed by atoms with Gasteiger partial charge < -0.3 is 39.3 Å². The summed E-state index contributed by atoms with van der Waals surface area (Å²) in [5.74, 6) is 1.40. The average Bonchev–Trinajstić information content (AvgIpc) is 3.33. The van der Waals surface area contributed by atoms with Gasteiger partial charge in [0.1, 0.15) is 6.10 Å². The number of aliphatic hydroxyl groups is 1. The van der Waals surface area contributed by atoms with Crippen molar-refractivity contribution in [2.45, 2.75) is 26.0 Å². The molecule has 0 fully saturated rings. The van der Waals surface area contributed by atoms with Gasteiger partial charge in [0.25, 0.3) is 5.91 Å². The molecule has 0 saturated heterocycles. The monoisotopic (exact) mass is 498 g/mol. The Kier molecular flexibility index (Phi) is 7.44. The third-order valence-electron chi connectivity index (χ3n) is 6.58. The maximum absolute atomic E-state index is 13.5. The first-order valence-corrected chi connectivity index (χ1v) is 12.0. The van der Waals surface area contributed by atoms with Crippen molar-refractivity contribution >= 4 is 23.3 Å². The van der Waals surface area contributed by atoms with Crippen molar-refractivity contribution in [1.82, 2.24) is 9.80 Å². The zero-order valence-electron chi connectivity index (χ0n) is 21.4. The molecule has 3 amide bonds. The molecular formula is C26H34N4O6. The molecule has 3 atom stereocenters. The van der Waals surface area contributed by atoms with Gasteiger partial charge in [-0.3, -0.25) is 4.79 Å². The van der Waals surface area contributed by atoms with E-state index in [0.29, 0.717) is 35.0 Å². The summed E-state index contributed by atoms with van der Waals surface area (Å²) in [6.45, 7) is 4.49. The Morgan fingerprint density at radius 1 is 1.19 bits per heavy atom. The summed E-state index contributed by atoms with van der Waals surface area (Å²) < 4.78 is 17.2. The van der Waals surface area contributed by atoms with Crippen molar-refractivity contribution in [2.24, 2.45) is 5.92 Å². The number of fused-ring (bicyclic) bond motifs is 2. The van der Waals surface area contributed by atoms with E-state index in [2.05, 4.69) is 5.32 Å². The maximum atomic E-state index is 13.5. The van der Waals surface area contributed by atoms with Crippen molar-refractivity contribution in [2.75, 3.05) is 57.8 Å². The topological polar surface area (TPSA) is 104 Å². The highest BCUT2D eigenvalue weighted by atomic mass is 16.7. The van der Waals surface area contributed by atoms with Crippen LogP contribution in [0.5, 0.6) is 17.2 Å². The molecule has 10 nitrogen and oxygen atoms in total. The van der Waals surface area contributed by atoms with Crippen LogP contribution >= 0.6 is 0 Å².